The van der Waals surface area contributed by atoms with Gasteiger partial charge in [0.25, 0.3) is 5.91 Å². The third-order valence-corrected chi connectivity index (χ3v) is 7.52. The minimum Gasteiger partial charge on any atom is -0.451 e. The molecule has 1 saturated heterocycles. The minimum absolute atomic E-state index is 0.00723. The van der Waals surface area contributed by atoms with E-state index < -0.39 is 15.8 Å². The van der Waals surface area contributed by atoms with Crippen molar-refractivity contribution in [1.29, 1.82) is 0 Å². The van der Waals surface area contributed by atoms with Crippen LogP contribution in [0.4, 0.5) is 0 Å². The number of carbonyl (C=O) groups is 2. The summed E-state index contributed by atoms with van der Waals surface area (Å²) in [6.45, 7) is 2.12. The van der Waals surface area contributed by atoms with E-state index in [1.165, 1.54) is 11.3 Å². The van der Waals surface area contributed by atoms with Gasteiger partial charge in [-0.15, -0.1) is 11.3 Å². The average molecular weight is 410 g/mol. The minimum atomic E-state index is -3.09. The molecule has 1 aliphatic rings. The van der Waals surface area contributed by atoms with Crippen LogP contribution < -0.4 is 0 Å². The first kappa shape index (κ1) is 19.8. The van der Waals surface area contributed by atoms with Crippen molar-refractivity contribution < 1.29 is 22.7 Å². The number of ether oxygens (including phenoxy) is 1. The van der Waals surface area contributed by atoms with Crippen molar-refractivity contribution >= 4 is 43.1 Å². The number of esters is 1. The number of thiophene rings is 1. The number of sulfone groups is 1. The Morgan fingerprint density at radius 1 is 1.30 bits per heavy atom. The number of carbonyl (C=O) groups excluding carboxylic acids is 2. The van der Waals surface area contributed by atoms with Crippen LogP contribution in [0.3, 0.4) is 0 Å². The smallest absolute Gasteiger partial charge is 0.348 e. The predicted molar refractivity (Wildman–Crippen MR) is 106 cm³/mol. The Kier molecular flexibility index (Phi) is 6.16. The van der Waals surface area contributed by atoms with Crippen LogP contribution in [0.15, 0.2) is 30.3 Å². The van der Waals surface area contributed by atoms with Gasteiger partial charge in [-0.3, -0.25) is 4.79 Å². The summed E-state index contributed by atoms with van der Waals surface area (Å²) in [6, 6.07) is 9.08. The molecule has 1 amide bonds. The van der Waals surface area contributed by atoms with Crippen LogP contribution in [-0.4, -0.2) is 55.9 Å². The second-order valence-corrected chi connectivity index (χ2v) is 10.0. The molecule has 0 saturated carbocycles. The van der Waals surface area contributed by atoms with Gasteiger partial charge in [-0.2, -0.15) is 0 Å². The Labute approximate surface area is 163 Å². The van der Waals surface area contributed by atoms with E-state index >= 15 is 0 Å². The molecule has 1 aromatic carbocycles. The third kappa shape index (κ3) is 4.87. The van der Waals surface area contributed by atoms with Gasteiger partial charge in [-0.1, -0.05) is 31.5 Å². The molecular weight excluding hydrogens is 386 g/mol. The van der Waals surface area contributed by atoms with Crippen LogP contribution in [0.1, 0.15) is 35.9 Å². The number of nitrogens with zero attached hydrogens (tertiary/aromatic N) is 1. The van der Waals surface area contributed by atoms with Crippen LogP contribution >= 0.6 is 11.3 Å². The van der Waals surface area contributed by atoms with Crippen LogP contribution in [0.25, 0.3) is 10.1 Å². The summed E-state index contributed by atoms with van der Waals surface area (Å²) in [4.78, 5) is 26.9. The highest BCUT2D eigenvalue weighted by atomic mass is 32.2. The van der Waals surface area contributed by atoms with E-state index in [1.54, 1.807) is 11.0 Å². The van der Waals surface area contributed by atoms with E-state index in [9.17, 15) is 18.0 Å². The Bertz CT molecular complexity index is 901. The zero-order valence-electron chi connectivity index (χ0n) is 15.2. The summed E-state index contributed by atoms with van der Waals surface area (Å²) >= 11 is 1.33. The topological polar surface area (TPSA) is 80.8 Å². The van der Waals surface area contributed by atoms with Crippen molar-refractivity contribution in [3.05, 3.63) is 35.2 Å². The zero-order valence-corrected chi connectivity index (χ0v) is 16.9. The van der Waals surface area contributed by atoms with Gasteiger partial charge in [0.05, 0.1) is 11.5 Å². The summed E-state index contributed by atoms with van der Waals surface area (Å²) in [6.07, 6.45) is 2.12. The highest BCUT2D eigenvalue weighted by molar-refractivity contribution is 7.91. The number of unbranched alkanes of at least 4 members (excludes halogenated alkanes) is 1. The fourth-order valence-corrected chi connectivity index (χ4v) is 5.91. The molecular formula is C19H23NO5S2. The molecule has 8 heteroatoms. The molecule has 6 nitrogen and oxygen atoms in total. The summed E-state index contributed by atoms with van der Waals surface area (Å²) in [5.74, 6) is -0.763. The van der Waals surface area contributed by atoms with Crippen LogP contribution in [0, 0.1) is 0 Å². The van der Waals surface area contributed by atoms with Crippen LogP contribution in [-0.2, 0) is 19.4 Å². The zero-order chi connectivity index (χ0) is 19.4. The van der Waals surface area contributed by atoms with Gasteiger partial charge in [0.2, 0.25) is 0 Å². The number of hydrogen-bond donors (Lipinski definition) is 0. The second-order valence-electron chi connectivity index (χ2n) is 6.72. The first-order chi connectivity index (χ1) is 12.9. The number of fused-ring (bicyclic) bond motifs is 1. The highest BCUT2D eigenvalue weighted by Gasteiger charge is 2.34. The lowest BCUT2D eigenvalue weighted by Gasteiger charge is -2.28. The lowest BCUT2D eigenvalue weighted by Crippen LogP contribution is -2.43. The fraction of sp³-hybridized carbons (Fsp3) is 0.474. The molecule has 27 heavy (non-hydrogen) atoms. The second kappa shape index (κ2) is 8.39. The molecule has 2 heterocycles. The van der Waals surface area contributed by atoms with Crippen LogP contribution in [0.2, 0.25) is 0 Å². The van der Waals surface area contributed by atoms with Crippen molar-refractivity contribution in [3.63, 3.8) is 0 Å². The van der Waals surface area contributed by atoms with E-state index in [4.69, 9.17) is 4.74 Å². The quantitative estimate of drug-likeness (QED) is 0.657. The van der Waals surface area contributed by atoms with Crippen molar-refractivity contribution in [3.8, 4) is 0 Å². The van der Waals surface area contributed by atoms with Gasteiger partial charge < -0.3 is 9.64 Å². The third-order valence-electron chi connectivity index (χ3n) is 4.68. The number of benzene rings is 1. The summed E-state index contributed by atoms with van der Waals surface area (Å²) in [5.41, 5.74) is 0. The maximum absolute atomic E-state index is 12.6. The first-order valence-electron chi connectivity index (χ1n) is 9.05. The van der Waals surface area contributed by atoms with Gasteiger partial charge >= 0.3 is 5.97 Å². The highest BCUT2D eigenvalue weighted by Crippen LogP contribution is 2.26. The Balaban J connectivity index is 1.63. The van der Waals surface area contributed by atoms with E-state index in [2.05, 4.69) is 0 Å². The van der Waals surface area contributed by atoms with Crippen molar-refractivity contribution in [2.24, 2.45) is 0 Å². The van der Waals surface area contributed by atoms with E-state index in [0.29, 0.717) is 17.8 Å². The maximum Gasteiger partial charge on any atom is 0.348 e. The molecule has 2 aromatic rings. The molecule has 1 atom stereocenters. The lowest BCUT2D eigenvalue weighted by atomic mass is 10.2. The van der Waals surface area contributed by atoms with E-state index in [1.807, 2.05) is 31.2 Å². The molecule has 0 radical (unpaired) electrons. The number of amides is 1. The van der Waals surface area contributed by atoms with Crippen LogP contribution in [0.5, 0.6) is 0 Å². The summed E-state index contributed by atoms with van der Waals surface area (Å²) in [5, 5.41) is 0.960. The first-order valence-corrected chi connectivity index (χ1v) is 11.7. The molecule has 0 bridgehead atoms. The Morgan fingerprint density at radius 3 is 2.74 bits per heavy atom. The van der Waals surface area contributed by atoms with Crippen molar-refractivity contribution in [1.82, 2.24) is 4.90 Å². The maximum atomic E-state index is 12.6. The molecule has 146 valence electrons. The normalized spacial score (nSPS) is 18.5. The standard InChI is InChI=1S/C19H23NO5S2/c1-2-3-9-20(15-8-10-27(23,24)13-15)18(21)12-25-19(22)17-11-14-6-4-5-7-16(14)26-17/h4-7,11,15H,2-3,8-10,12-13H2,1H3. The lowest BCUT2D eigenvalue weighted by molar-refractivity contribution is -0.136. The average Bonchev–Trinajstić information content (AvgIpc) is 3.23. The molecule has 1 aromatic heterocycles. The predicted octanol–water partition coefficient (Wildman–Crippen LogP) is 2.87. The van der Waals surface area contributed by atoms with Crippen molar-refractivity contribution in [2.75, 3.05) is 24.7 Å². The monoisotopic (exact) mass is 409 g/mol. The van der Waals surface area contributed by atoms with E-state index in [0.717, 1.165) is 22.9 Å². The fourth-order valence-electron chi connectivity index (χ4n) is 3.22. The van der Waals surface area contributed by atoms with Gasteiger partial charge in [0, 0.05) is 17.3 Å². The Hall–Kier alpha value is -1.93. The van der Waals surface area contributed by atoms with E-state index in [-0.39, 0.29) is 30.1 Å². The van der Waals surface area contributed by atoms with Gasteiger partial charge in [-0.25, -0.2) is 13.2 Å². The largest absolute Gasteiger partial charge is 0.451 e. The molecule has 1 aliphatic heterocycles. The molecule has 0 aliphatic carbocycles. The number of hydrogen-bond acceptors (Lipinski definition) is 6. The Morgan fingerprint density at radius 2 is 2.07 bits per heavy atom. The van der Waals surface area contributed by atoms with Gasteiger partial charge in [0.15, 0.2) is 16.4 Å². The van der Waals surface area contributed by atoms with Gasteiger partial charge in [-0.05, 0) is 30.4 Å². The van der Waals surface area contributed by atoms with Crippen molar-refractivity contribution in [2.45, 2.75) is 32.2 Å². The molecule has 3 rings (SSSR count). The molecule has 0 N–H and O–H groups in total. The summed E-state index contributed by atoms with van der Waals surface area (Å²) < 4.78 is 29.7. The molecule has 1 fully saturated rings. The molecule has 0 spiro atoms. The van der Waals surface area contributed by atoms with Gasteiger partial charge in [0.1, 0.15) is 4.88 Å². The molecule has 1 unspecified atom stereocenters. The SMILES string of the molecule is CCCCN(C(=O)COC(=O)c1cc2ccccc2s1)C1CCS(=O)(=O)C1. The number of rotatable bonds is 7. The summed E-state index contributed by atoms with van der Waals surface area (Å²) in [7, 11) is -3.09.